The van der Waals surface area contributed by atoms with Crippen LogP contribution in [0.25, 0.3) is 0 Å². The van der Waals surface area contributed by atoms with Crippen LogP contribution in [0.4, 0.5) is 5.69 Å². The molecule has 0 aliphatic heterocycles. The van der Waals surface area contributed by atoms with Crippen LogP contribution in [0.3, 0.4) is 0 Å². The lowest BCUT2D eigenvalue weighted by Gasteiger charge is -2.07. The van der Waals surface area contributed by atoms with Crippen LogP contribution in [0.2, 0.25) is 0 Å². The Labute approximate surface area is 132 Å². The van der Waals surface area contributed by atoms with Gasteiger partial charge >= 0.3 is 0 Å². The van der Waals surface area contributed by atoms with Crippen molar-refractivity contribution in [2.24, 2.45) is 0 Å². The van der Waals surface area contributed by atoms with Gasteiger partial charge in [-0.2, -0.15) is 0 Å². The molecule has 0 aromatic heterocycles. The third-order valence-electron chi connectivity index (χ3n) is 3.22. The molecule has 0 saturated carbocycles. The molecule has 0 aliphatic rings. The summed E-state index contributed by atoms with van der Waals surface area (Å²) in [5.74, 6) is -0.442. The molecule has 0 saturated heterocycles. The predicted molar refractivity (Wildman–Crippen MR) is 87.2 cm³/mol. The van der Waals surface area contributed by atoms with Gasteiger partial charge in [0.25, 0.3) is 11.6 Å². The van der Waals surface area contributed by atoms with Gasteiger partial charge < -0.3 is 5.32 Å². The lowest BCUT2D eigenvalue weighted by molar-refractivity contribution is -0.385. The summed E-state index contributed by atoms with van der Waals surface area (Å²) in [5, 5.41) is 13.8. The second-order valence-corrected chi connectivity index (χ2v) is 5.69. The van der Waals surface area contributed by atoms with Gasteiger partial charge in [-0.25, -0.2) is 0 Å². The van der Waals surface area contributed by atoms with Crippen LogP contribution >= 0.6 is 11.8 Å². The molecule has 0 radical (unpaired) electrons. The summed E-state index contributed by atoms with van der Waals surface area (Å²) in [6.45, 7) is 2.32. The zero-order valence-corrected chi connectivity index (χ0v) is 13.1. The van der Waals surface area contributed by atoms with Crippen molar-refractivity contribution < 1.29 is 9.72 Å². The molecular weight excluding hydrogens is 300 g/mol. The molecule has 2 aromatic rings. The van der Waals surface area contributed by atoms with E-state index in [0.29, 0.717) is 6.54 Å². The summed E-state index contributed by atoms with van der Waals surface area (Å²) >= 11 is 1.43. The highest BCUT2D eigenvalue weighted by molar-refractivity contribution is 7.98. The maximum atomic E-state index is 12.3. The normalized spacial score (nSPS) is 10.3. The van der Waals surface area contributed by atoms with E-state index in [2.05, 4.69) is 5.32 Å². The molecule has 0 aliphatic carbocycles. The van der Waals surface area contributed by atoms with E-state index in [4.69, 9.17) is 0 Å². The molecule has 1 N–H and O–H groups in total. The van der Waals surface area contributed by atoms with Gasteiger partial charge in [0, 0.05) is 17.5 Å². The number of nitro groups is 1. The number of hydrogen-bond donors (Lipinski definition) is 1. The minimum absolute atomic E-state index is 0.0870. The maximum absolute atomic E-state index is 12.3. The average molecular weight is 316 g/mol. The van der Waals surface area contributed by atoms with E-state index in [1.807, 2.05) is 37.4 Å². The van der Waals surface area contributed by atoms with Crippen molar-refractivity contribution in [1.29, 1.82) is 0 Å². The van der Waals surface area contributed by atoms with E-state index in [-0.39, 0.29) is 11.3 Å². The monoisotopic (exact) mass is 316 g/mol. The zero-order chi connectivity index (χ0) is 16.1. The zero-order valence-electron chi connectivity index (χ0n) is 12.3. The van der Waals surface area contributed by atoms with Crippen molar-refractivity contribution in [2.45, 2.75) is 18.4 Å². The molecule has 6 heteroatoms. The molecule has 22 heavy (non-hydrogen) atoms. The van der Waals surface area contributed by atoms with Gasteiger partial charge in [0.2, 0.25) is 0 Å². The number of nitro benzene ring substituents is 1. The number of carbonyl (C=O) groups excluding carboxylic acids is 1. The topological polar surface area (TPSA) is 72.2 Å². The largest absolute Gasteiger partial charge is 0.348 e. The summed E-state index contributed by atoms with van der Waals surface area (Å²) in [5.41, 5.74) is 1.99. The minimum atomic E-state index is -0.537. The van der Waals surface area contributed by atoms with Crippen molar-refractivity contribution >= 4 is 23.4 Å². The van der Waals surface area contributed by atoms with Gasteiger partial charge in [-0.3, -0.25) is 14.9 Å². The second-order valence-electron chi connectivity index (χ2n) is 4.81. The molecule has 1 amide bonds. The summed E-state index contributed by atoms with van der Waals surface area (Å²) in [7, 11) is 0. The third-order valence-corrected chi connectivity index (χ3v) is 3.94. The van der Waals surface area contributed by atoms with E-state index in [1.165, 1.54) is 17.8 Å². The fourth-order valence-electron chi connectivity index (χ4n) is 1.97. The SMILES string of the molecule is CSc1ccc([N+](=O)[O-])c(C(=O)NCc2ccc(C)cc2)c1. The van der Waals surface area contributed by atoms with Crippen LogP contribution in [-0.2, 0) is 6.54 Å². The molecule has 0 bridgehead atoms. The number of thioether (sulfide) groups is 1. The number of rotatable bonds is 5. The second kappa shape index (κ2) is 7.09. The molecule has 0 atom stereocenters. The fraction of sp³-hybridized carbons (Fsp3) is 0.188. The summed E-state index contributed by atoms with van der Waals surface area (Å²) in [6, 6.07) is 12.3. The summed E-state index contributed by atoms with van der Waals surface area (Å²) in [4.78, 5) is 23.6. The molecular formula is C16H16N2O3S. The first-order chi connectivity index (χ1) is 10.5. The minimum Gasteiger partial charge on any atom is -0.348 e. The Bertz CT molecular complexity index is 699. The number of carbonyl (C=O) groups is 1. The van der Waals surface area contributed by atoms with Crippen LogP contribution in [0.5, 0.6) is 0 Å². The molecule has 2 rings (SSSR count). The van der Waals surface area contributed by atoms with Gasteiger partial charge in [-0.15, -0.1) is 11.8 Å². The van der Waals surface area contributed by atoms with Crippen molar-refractivity contribution in [3.05, 3.63) is 69.3 Å². The first-order valence-corrected chi connectivity index (χ1v) is 7.90. The molecule has 0 unspecified atom stereocenters. The van der Waals surface area contributed by atoms with Gasteiger partial charge in [-0.05, 0) is 30.9 Å². The highest BCUT2D eigenvalue weighted by Crippen LogP contribution is 2.24. The highest BCUT2D eigenvalue weighted by Gasteiger charge is 2.20. The van der Waals surface area contributed by atoms with E-state index < -0.39 is 10.8 Å². The molecule has 114 valence electrons. The Hall–Kier alpha value is -2.34. The highest BCUT2D eigenvalue weighted by atomic mass is 32.2. The third kappa shape index (κ3) is 3.85. The molecule has 5 nitrogen and oxygen atoms in total. The van der Waals surface area contributed by atoms with E-state index in [9.17, 15) is 14.9 Å². The number of nitrogens with one attached hydrogen (secondary N) is 1. The van der Waals surface area contributed by atoms with Crippen LogP contribution in [0, 0.1) is 17.0 Å². The van der Waals surface area contributed by atoms with Crippen LogP contribution in [0.1, 0.15) is 21.5 Å². The van der Waals surface area contributed by atoms with E-state index >= 15 is 0 Å². The number of hydrogen-bond acceptors (Lipinski definition) is 4. The first-order valence-electron chi connectivity index (χ1n) is 6.67. The smallest absolute Gasteiger partial charge is 0.282 e. The summed E-state index contributed by atoms with van der Waals surface area (Å²) in [6.07, 6.45) is 1.86. The number of nitrogens with zero attached hydrogens (tertiary/aromatic N) is 1. The molecule has 0 fully saturated rings. The van der Waals surface area contributed by atoms with E-state index in [0.717, 1.165) is 16.0 Å². The Morgan fingerprint density at radius 3 is 2.50 bits per heavy atom. The number of amides is 1. The van der Waals surface area contributed by atoms with Gasteiger partial charge in [0.15, 0.2) is 0 Å². The lowest BCUT2D eigenvalue weighted by Crippen LogP contribution is -2.23. The number of aryl methyl sites for hydroxylation is 1. The Kier molecular flexibility index (Phi) is 5.16. The molecule has 2 aromatic carbocycles. The quantitative estimate of drug-likeness (QED) is 0.520. The molecule has 0 spiro atoms. The first kappa shape index (κ1) is 16.0. The van der Waals surface area contributed by atoms with Gasteiger partial charge in [0.1, 0.15) is 5.56 Å². The Morgan fingerprint density at radius 2 is 1.91 bits per heavy atom. The van der Waals surface area contributed by atoms with Crippen molar-refractivity contribution in [3.8, 4) is 0 Å². The number of benzene rings is 2. The molecule has 0 heterocycles. The predicted octanol–water partition coefficient (Wildman–Crippen LogP) is 3.56. The summed E-state index contributed by atoms with van der Waals surface area (Å²) < 4.78 is 0. The Balaban J connectivity index is 2.17. The van der Waals surface area contributed by atoms with Crippen LogP contribution in [-0.4, -0.2) is 17.1 Å². The van der Waals surface area contributed by atoms with Crippen molar-refractivity contribution in [2.75, 3.05) is 6.26 Å². The average Bonchev–Trinajstić information content (AvgIpc) is 2.53. The standard InChI is InChI=1S/C16H16N2O3S/c1-11-3-5-12(6-4-11)10-17-16(19)14-9-13(22-2)7-8-15(14)18(20)21/h3-9H,10H2,1-2H3,(H,17,19). The van der Waals surface area contributed by atoms with Crippen molar-refractivity contribution in [3.63, 3.8) is 0 Å². The van der Waals surface area contributed by atoms with Gasteiger partial charge in [-0.1, -0.05) is 29.8 Å². The lowest BCUT2D eigenvalue weighted by atomic mass is 10.1. The van der Waals surface area contributed by atoms with E-state index in [1.54, 1.807) is 12.1 Å². The van der Waals surface area contributed by atoms with Gasteiger partial charge in [0.05, 0.1) is 4.92 Å². The Morgan fingerprint density at radius 1 is 1.23 bits per heavy atom. The van der Waals surface area contributed by atoms with Crippen LogP contribution in [0.15, 0.2) is 47.4 Å². The van der Waals surface area contributed by atoms with Crippen LogP contribution < -0.4 is 5.32 Å². The fourth-order valence-corrected chi connectivity index (χ4v) is 2.41. The van der Waals surface area contributed by atoms with Crippen molar-refractivity contribution in [1.82, 2.24) is 5.32 Å². The maximum Gasteiger partial charge on any atom is 0.282 e.